The van der Waals surface area contributed by atoms with Crippen molar-refractivity contribution in [3.05, 3.63) is 76.4 Å². The molecule has 9 nitrogen and oxygen atoms in total. The molecule has 0 radical (unpaired) electrons. The second kappa shape index (κ2) is 8.69. The van der Waals surface area contributed by atoms with E-state index in [0.29, 0.717) is 16.9 Å². The highest BCUT2D eigenvalue weighted by Gasteiger charge is 2.29. The first-order valence-electron chi connectivity index (χ1n) is 9.56. The van der Waals surface area contributed by atoms with E-state index < -0.39 is 17.7 Å². The number of nitriles is 2. The number of nitrogen functional groups attached to an aromatic ring is 2. The highest BCUT2D eigenvalue weighted by atomic mass is 19.1. The smallest absolute Gasteiger partial charge is 0.211 e. The molecule has 11 heteroatoms. The Hall–Kier alpha value is -4.90. The fraction of sp³-hybridized carbons (Fsp3) is 0.0909. The zero-order chi connectivity index (χ0) is 23.5. The third-order valence-corrected chi connectivity index (χ3v) is 4.94. The van der Waals surface area contributed by atoms with E-state index in [1.165, 1.54) is 6.07 Å². The van der Waals surface area contributed by atoms with Crippen LogP contribution in [0, 0.1) is 34.4 Å². The van der Waals surface area contributed by atoms with Gasteiger partial charge in [0, 0.05) is 17.2 Å². The van der Waals surface area contributed by atoms with Gasteiger partial charge in [0.15, 0.2) is 6.19 Å². The number of pyridine rings is 1. The summed E-state index contributed by atoms with van der Waals surface area (Å²) in [6.07, 6.45) is 1.78. The maximum atomic E-state index is 13.9. The van der Waals surface area contributed by atoms with Crippen molar-refractivity contribution < 1.29 is 13.5 Å². The summed E-state index contributed by atoms with van der Waals surface area (Å²) in [5.74, 6) is -0.686. The Bertz CT molecular complexity index is 1360. The minimum Gasteiger partial charge on any atom is -0.489 e. The van der Waals surface area contributed by atoms with Crippen LogP contribution in [0.4, 0.5) is 26.1 Å². The third-order valence-electron chi connectivity index (χ3n) is 4.94. The average molecular weight is 446 g/mol. The molecule has 0 bridgehead atoms. The minimum absolute atomic E-state index is 0.0200. The van der Waals surface area contributed by atoms with Crippen LogP contribution in [0.15, 0.2) is 47.5 Å². The summed E-state index contributed by atoms with van der Waals surface area (Å²) < 4.78 is 32.7. The molecule has 6 N–H and O–H groups in total. The van der Waals surface area contributed by atoms with E-state index >= 15 is 0 Å². The second-order valence-electron chi connectivity index (χ2n) is 7.00. The van der Waals surface area contributed by atoms with E-state index in [1.54, 1.807) is 30.5 Å². The SMILES string of the molecule is N#CNC1=NC(c2cccc(OCc3ccc(F)cc3F)c2)c2c(nc(N)c(C#N)c2N)N1. The highest BCUT2D eigenvalue weighted by molar-refractivity contribution is 5.98. The summed E-state index contributed by atoms with van der Waals surface area (Å²) in [6.45, 7) is -0.123. The van der Waals surface area contributed by atoms with Gasteiger partial charge in [-0.2, -0.15) is 10.5 Å². The monoisotopic (exact) mass is 446 g/mol. The zero-order valence-electron chi connectivity index (χ0n) is 16.9. The van der Waals surface area contributed by atoms with Crippen LogP contribution in [0.3, 0.4) is 0 Å². The van der Waals surface area contributed by atoms with Crippen LogP contribution in [0.25, 0.3) is 0 Å². The molecule has 0 saturated heterocycles. The number of aromatic nitrogens is 1. The lowest BCUT2D eigenvalue weighted by molar-refractivity contribution is 0.299. The van der Waals surface area contributed by atoms with Crippen molar-refractivity contribution in [2.75, 3.05) is 16.8 Å². The second-order valence-corrected chi connectivity index (χ2v) is 7.00. The number of hydrogen-bond donors (Lipinski definition) is 4. The lowest BCUT2D eigenvalue weighted by atomic mass is 9.95. The summed E-state index contributed by atoms with van der Waals surface area (Å²) >= 11 is 0. The van der Waals surface area contributed by atoms with E-state index in [-0.39, 0.29) is 41.0 Å². The van der Waals surface area contributed by atoms with E-state index in [1.807, 2.05) is 6.07 Å². The van der Waals surface area contributed by atoms with Crippen LogP contribution in [0.2, 0.25) is 0 Å². The van der Waals surface area contributed by atoms with Gasteiger partial charge in [-0.25, -0.2) is 18.8 Å². The number of aliphatic imine (C=N–C) groups is 1. The average Bonchev–Trinajstić information content (AvgIpc) is 2.78. The largest absolute Gasteiger partial charge is 0.489 e. The number of halogens is 2. The number of hydrogen-bond acceptors (Lipinski definition) is 9. The molecule has 0 amide bonds. The van der Waals surface area contributed by atoms with Crippen molar-refractivity contribution in [2.24, 2.45) is 4.99 Å². The van der Waals surface area contributed by atoms with E-state index in [0.717, 1.165) is 12.1 Å². The van der Waals surface area contributed by atoms with E-state index in [4.69, 9.17) is 21.5 Å². The summed E-state index contributed by atoms with van der Waals surface area (Å²) in [6, 6.07) is 11.2. The standard InChI is InChI=1S/C22H16F2N8O/c23-13-5-4-12(16(24)7-13)9-33-14-3-1-2-11(6-14)19-17-18(27)15(8-25)20(28)31-21(17)32-22(30-19)29-10-26/h1-7,19H,9H2,(H6,27,28,29,30,31,32). The first-order valence-corrected chi connectivity index (χ1v) is 9.56. The van der Waals surface area contributed by atoms with Gasteiger partial charge < -0.3 is 21.5 Å². The van der Waals surface area contributed by atoms with Gasteiger partial charge in [0.1, 0.15) is 53.3 Å². The van der Waals surface area contributed by atoms with Crippen LogP contribution < -0.4 is 26.8 Å². The van der Waals surface area contributed by atoms with Gasteiger partial charge in [0.2, 0.25) is 5.96 Å². The summed E-state index contributed by atoms with van der Waals surface area (Å²) in [4.78, 5) is 8.68. The van der Waals surface area contributed by atoms with Gasteiger partial charge >= 0.3 is 0 Å². The van der Waals surface area contributed by atoms with Crippen LogP contribution in [0.5, 0.6) is 5.75 Å². The molecule has 4 rings (SSSR count). The van der Waals surface area contributed by atoms with Crippen LogP contribution in [-0.4, -0.2) is 10.9 Å². The van der Waals surface area contributed by atoms with Crippen LogP contribution in [-0.2, 0) is 6.61 Å². The van der Waals surface area contributed by atoms with E-state index in [2.05, 4.69) is 20.6 Å². The molecule has 164 valence electrons. The Morgan fingerprint density at radius 2 is 1.97 bits per heavy atom. The molecule has 1 aromatic heterocycles. The maximum Gasteiger partial charge on any atom is 0.211 e. The van der Waals surface area contributed by atoms with E-state index in [9.17, 15) is 14.0 Å². The molecule has 2 heterocycles. The number of guanidine groups is 1. The molecule has 33 heavy (non-hydrogen) atoms. The van der Waals surface area contributed by atoms with Crippen molar-refractivity contribution in [2.45, 2.75) is 12.6 Å². The lowest BCUT2D eigenvalue weighted by Crippen LogP contribution is -2.32. The molecule has 3 aromatic rings. The number of fused-ring (bicyclic) bond motifs is 1. The molecule has 0 fully saturated rings. The molecule has 1 aliphatic heterocycles. The maximum absolute atomic E-state index is 13.9. The Balaban J connectivity index is 1.71. The first kappa shape index (κ1) is 21.3. The fourth-order valence-electron chi connectivity index (χ4n) is 3.40. The van der Waals surface area contributed by atoms with Gasteiger partial charge in [0.25, 0.3) is 0 Å². The van der Waals surface area contributed by atoms with Crippen molar-refractivity contribution in [3.8, 4) is 18.0 Å². The third kappa shape index (κ3) is 4.16. The molecule has 1 aliphatic rings. The summed E-state index contributed by atoms with van der Waals surface area (Å²) in [5, 5.41) is 23.7. The van der Waals surface area contributed by atoms with Crippen molar-refractivity contribution in [3.63, 3.8) is 0 Å². The van der Waals surface area contributed by atoms with Gasteiger partial charge in [-0.15, -0.1) is 0 Å². The number of ether oxygens (including phenoxy) is 1. The van der Waals surface area contributed by atoms with Gasteiger partial charge in [-0.3, -0.25) is 5.32 Å². The first-order chi connectivity index (χ1) is 15.9. The van der Waals surface area contributed by atoms with Gasteiger partial charge in [-0.05, 0) is 29.8 Å². The number of benzene rings is 2. The predicted octanol–water partition coefficient (Wildman–Crippen LogP) is 2.92. The molecular formula is C22H16F2N8O. The Kier molecular flexibility index (Phi) is 5.62. The number of nitrogens with zero attached hydrogens (tertiary/aromatic N) is 4. The minimum atomic E-state index is -0.747. The number of rotatable bonds is 4. The summed E-state index contributed by atoms with van der Waals surface area (Å²) in [5.41, 5.74) is 13.4. The molecule has 0 saturated carbocycles. The molecule has 2 aromatic carbocycles. The summed E-state index contributed by atoms with van der Waals surface area (Å²) in [7, 11) is 0. The number of nitrogens with one attached hydrogen (secondary N) is 2. The fourth-order valence-corrected chi connectivity index (χ4v) is 3.40. The zero-order valence-corrected chi connectivity index (χ0v) is 16.9. The molecule has 0 aliphatic carbocycles. The Morgan fingerprint density at radius 3 is 2.70 bits per heavy atom. The van der Waals surface area contributed by atoms with Crippen LogP contribution >= 0.6 is 0 Å². The topological polar surface area (TPSA) is 158 Å². The molecular weight excluding hydrogens is 430 g/mol. The number of nitrogens with two attached hydrogens (primary N) is 2. The van der Waals surface area contributed by atoms with Crippen molar-refractivity contribution in [1.29, 1.82) is 10.5 Å². The van der Waals surface area contributed by atoms with Gasteiger partial charge in [-0.1, -0.05) is 12.1 Å². The van der Waals surface area contributed by atoms with Crippen molar-refractivity contribution in [1.82, 2.24) is 10.3 Å². The number of anilines is 3. The molecule has 1 atom stereocenters. The molecule has 1 unspecified atom stereocenters. The normalized spacial score (nSPS) is 14.2. The van der Waals surface area contributed by atoms with Crippen molar-refractivity contribution >= 4 is 23.3 Å². The lowest BCUT2D eigenvalue weighted by Gasteiger charge is -2.26. The predicted molar refractivity (Wildman–Crippen MR) is 117 cm³/mol. The Morgan fingerprint density at radius 1 is 1.15 bits per heavy atom. The molecule has 0 spiro atoms. The van der Waals surface area contributed by atoms with Crippen LogP contribution in [0.1, 0.15) is 28.3 Å². The quantitative estimate of drug-likeness (QED) is 0.352. The highest BCUT2D eigenvalue weighted by Crippen LogP contribution is 2.41. The Labute approximate surface area is 186 Å². The van der Waals surface area contributed by atoms with Gasteiger partial charge in [0.05, 0.1) is 5.69 Å².